The number of benzene rings is 1. The summed E-state index contributed by atoms with van der Waals surface area (Å²) in [6, 6.07) is 10.1. The molecule has 0 N–H and O–H groups in total. The van der Waals surface area contributed by atoms with Gasteiger partial charge in [-0.25, -0.2) is 0 Å². The van der Waals surface area contributed by atoms with Gasteiger partial charge in [-0.1, -0.05) is 109 Å². The normalized spacial score (nSPS) is 36.0. The maximum atomic E-state index is 14.7. The molecule has 9 rings (SSSR count). The van der Waals surface area contributed by atoms with Crippen LogP contribution in [0.1, 0.15) is 151 Å². The van der Waals surface area contributed by atoms with Crippen LogP contribution in [0, 0.1) is 30.6 Å². The number of ether oxygens (including phenoxy) is 7. The van der Waals surface area contributed by atoms with Crippen LogP contribution >= 0.6 is 15.9 Å². The summed E-state index contributed by atoms with van der Waals surface area (Å²) in [7, 11) is -7.65. The minimum atomic E-state index is -4.06. The van der Waals surface area contributed by atoms with E-state index in [1.54, 1.807) is 24.3 Å². The van der Waals surface area contributed by atoms with Crippen molar-refractivity contribution in [2.24, 2.45) is 23.7 Å². The topological polar surface area (TPSA) is 144 Å². The number of aryl methyl sites for hydroxylation is 1. The number of carbonyl (C=O) groups is 1. The highest BCUT2D eigenvalue weighted by molar-refractivity contribution is 9.11. The highest BCUT2D eigenvalue weighted by atomic mass is 79.9. The van der Waals surface area contributed by atoms with Crippen LogP contribution in [0.3, 0.4) is 0 Å². The van der Waals surface area contributed by atoms with Crippen LogP contribution in [0.25, 0.3) is 0 Å². The first-order valence-electron chi connectivity index (χ1n) is 29.7. The van der Waals surface area contributed by atoms with Crippen LogP contribution in [0.4, 0.5) is 0 Å². The van der Waals surface area contributed by atoms with Gasteiger partial charge < -0.3 is 42.0 Å². The highest BCUT2D eigenvalue weighted by Gasteiger charge is 2.69. The molecule has 0 amide bonds. The standard InChI is InChI=1S/C60H97BrO13SSi2/c1-15-77(16-2,17-3)65-28-18-19-44-30-39(6)41(8)51(67-44)34-52-48(42(9)50(69-52)29-38(5)36-66-76(13,14)59(10,11)12)33-43(62)32-45-22-25-49-54(68-45)58-57-56(70-49)55-53(71-57)35-60(72-55,73-58)27-26-46(31-40(7)61)74-75(63,64)47-23-20-37(4)21-24-47/h20-21,23-24,38-39,42,44-46,48-58H,7-8,15-19,22,25-36H2,1-6,9-14H3/t38-,39+,42+,44-,45+,46+,48+,49-,50+,51+,52?,53?,54?,55-,56-,57?,58-,60-/m0/s1. The quantitative estimate of drug-likeness (QED) is 0.0357. The van der Waals surface area contributed by atoms with Crippen LogP contribution in [0.5, 0.6) is 0 Å². The van der Waals surface area contributed by atoms with Gasteiger partial charge in [-0.2, -0.15) is 8.42 Å². The maximum absolute atomic E-state index is 14.7. The minimum Gasteiger partial charge on any atom is -0.417 e. The van der Waals surface area contributed by atoms with E-state index in [1.807, 2.05) is 6.92 Å². The Kier molecular flexibility index (Phi) is 20.4. The Morgan fingerprint density at radius 1 is 0.870 bits per heavy atom. The number of ketones is 1. The van der Waals surface area contributed by atoms with E-state index in [0.717, 1.165) is 68.0 Å². The second kappa shape index (κ2) is 25.4. The number of halogens is 1. The Balaban J connectivity index is 0.924. The van der Waals surface area contributed by atoms with Crippen LogP contribution in [-0.4, -0.2) is 129 Å². The van der Waals surface area contributed by atoms with Crippen molar-refractivity contribution in [1.82, 2.24) is 0 Å². The molecule has 13 nitrogen and oxygen atoms in total. The molecule has 17 heteroatoms. The molecular formula is C60H97BrO13SSi2. The van der Waals surface area contributed by atoms with Gasteiger partial charge >= 0.3 is 0 Å². The molecule has 8 saturated heterocycles. The third kappa shape index (κ3) is 14.4. The summed E-state index contributed by atoms with van der Waals surface area (Å²) in [5.74, 6) is -0.109. The molecule has 0 aliphatic carbocycles. The van der Waals surface area contributed by atoms with Crippen molar-refractivity contribution in [3.8, 4) is 0 Å². The molecular weight excluding hydrogens is 1100 g/mol. The van der Waals surface area contributed by atoms with E-state index < -0.39 is 50.9 Å². The largest absolute Gasteiger partial charge is 0.417 e. The molecule has 18 atom stereocenters. The zero-order valence-corrected chi connectivity index (χ0v) is 53.3. The zero-order valence-electron chi connectivity index (χ0n) is 48.9. The monoisotopic (exact) mass is 1190 g/mol. The fraction of sp³-hybridized carbons (Fsp3) is 0.817. The lowest BCUT2D eigenvalue weighted by Gasteiger charge is -2.47. The number of Topliss-reactive ketones (excluding diaryl/α,β-unsaturated/α-hetero) is 1. The Labute approximate surface area is 474 Å². The molecule has 0 aromatic heterocycles. The van der Waals surface area contributed by atoms with Gasteiger partial charge in [0.1, 0.15) is 36.3 Å². The SMILES string of the molecule is C=C(Br)C[C@@H](CC[C@@]12CC3OC4[C@@H](O1)C1O[C@@H](CC(=O)C[C@H]5C(C[C@H]6O[C@@H](CCCO[Si](CC)(CC)CC)C[C@@H](C)C6=C)O[C@H](C[C@H](C)CO[Si](C)(C)C(C)(C)C)[C@@H]5C)CC[C@@H]1O[C@H]4[C@H]3O2)OS(=O)(=O)c1ccc(C)cc1. The van der Waals surface area contributed by atoms with Crippen molar-refractivity contribution in [3.05, 3.63) is 53.0 Å². The van der Waals surface area contributed by atoms with Crippen molar-refractivity contribution in [2.45, 2.75) is 279 Å². The highest BCUT2D eigenvalue weighted by Crippen LogP contribution is 2.54. The van der Waals surface area contributed by atoms with Crippen LogP contribution in [-0.2, 0) is 61.1 Å². The third-order valence-corrected chi connectivity index (χ3v) is 30.4. The summed E-state index contributed by atoms with van der Waals surface area (Å²) >= 11 is 3.45. The smallest absolute Gasteiger partial charge is 0.297 e. The number of fused-ring (bicyclic) bond motifs is 1. The van der Waals surface area contributed by atoms with Crippen molar-refractivity contribution < 1.29 is 59.4 Å². The molecule has 8 fully saturated rings. The van der Waals surface area contributed by atoms with Crippen LogP contribution < -0.4 is 0 Å². The number of hydrogen-bond acceptors (Lipinski definition) is 13. The van der Waals surface area contributed by atoms with Gasteiger partial charge in [0, 0.05) is 51.7 Å². The summed E-state index contributed by atoms with van der Waals surface area (Å²) in [4.78, 5) is 14.8. The van der Waals surface area contributed by atoms with Gasteiger partial charge in [-0.05, 0) is 134 Å². The van der Waals surface area contributed by atoms with E-state index in [2.05, 4.69) is 104 Å². The van der Waals surface area contributed by atoms with Crippen molar-refractivity contribution >= 4 is 48.5 Å². The number of carbonyl (C=O) groups excluding carboxylic acids is 1. The van der Waals surface area contributed by atoms with Crippen molar-refractivity contribution in [1.29, 1.82) is 0 Å². The molecule has 4 unspecified atom stereocenters. The molecule has 8 heterocycles. The second-order valence-electron chi connectivity index (χ2n) is 26.1. The molecule has 0 radical (unpaired) electrons. The molecule has 436 valence electrons. The predicted molar refractivity (Wildman–Crippen MR) is 309 cm³/mol. The summed E-state index contributed by atoms with van der Waals surface area (Å²) in [6.45, 7) is 37.2. The molecule has 77 heavy (non-hydrogen) atoms. The van der Waals surface area contributed by atoms with Crippen LogP contribution in [0.15, 0.2) is 52.4 Å². The number of hydrogen-bond donors (Lipinski definition) is 0. The van der Waals surface area contributed by atoms with E-state index in [1.165, 1.54) is 0 Å². The van der Waals surface area contributed by atoms with E-state index in [9.17, 15) is 13.2 Å². The summed E-state index contributed by atoms with van der Waals surface area (Å²) in [6.07, 6.45) is 4.32. The molecule has 1 aromatic rings. The Hall–Kier alpha value is -1.17. The lowest BCUT2D eigenvalue weighted by Crippen LogP contribution is -2.61. The first kappa shape index (κ1) is 61.9. The van der Waals surface area contributed by atoms with Crippen molar-refractivity contribution in [3.63, 3.8) is 0 Å². The Bertz CT molecular complexity index is 2280. The lowest BCUT2D eigenvalue weighted by atomic mass is 9.78. The number of rotatable bonds is 27. The van der Waals surface area contributed by atoms with E-state index >= 15 is 0 Å². The molecule has 6 bridgehead atoms. The molecule has 0 saturated carbocycles. The first-order valence-corrected chi connectivity index (χ1v) is 37.4. The molecule has 0 spiro atoms. The van der Waals surface area contributed by atoms with Gasteiger partial charge in [-0.3, -0.25) is 8.98 Å². The van der Waals surface area contributed by atoms with E-state index in [4.69, 9.17) is 46.2 Å². The average Bonchev–Trinajstić information content (AvgIpc) is 3.91. The van der Waals surface area contributed by atoms with Gasteiger partial charge in [0.05, 0.1) is 53.7 Å². The lowest BCUT2D eigenvalue weighted by molar-refractivity contribution is -0.292. The molecule has 1 aromatic carbocycles. The summed E-state index contributed by atoms with van der Waals surface area (Å²) < 4.78 is 95.3. The van der Waals surface area contributed by atoms with Crippen molar-refractivity contribution in [2.75, 3.05) is 13.2 Å². The molecule has 8 aliphatic rings. The fourth-order valence-corrected chi connectivity index (χ4v) is 18.7. The predicted octanol–water partition coefficient (Wildman–Crippen LogP) is 13.1. The first-order chi connectivity index (χ1) is 36.3. The fourth-order valence-electron chi connectivity index (χ4n) is 13.4. The Morgan fingerprint density at radius 2 is 1.55 bits per heavy atom. The van der Waals surface area contributed by atoms with Crippen LogP contribution in [0.2, 0.25) is 36.3 Å². The minimum absolute atomic E-state index is 0.00559. The summed E-state index contributed by atoms with van der Waals surface area (Å²) in [5.41, 5.74) is 2.08. The summed E-state index contributed by atoms with van der Waals surface area (Å²) in [5, 5.41) is 0.125. The van der Waals surface area contributed by atoms with Gasteiger partial charge in [-0.15, -0.1) is 0 Å². The van der Waals surface area contributed by atoms with Gasteiger partial charge in [0.2, 0.25) is 0 Å². The zero-order chi connectivity index (χ0) is 55.8. The Morgan fingerprint density at radius 3 is 2.22 bits per heavy atom. The average molecular weight is 1190 g/mol. The van der Waals surface area contributed by atoms with Gasteiger partial charge in [0.25, 0.3) is 10.1 Å². The molecule has 8 aliphatic heterocycles. The maximum Gasteiger partial charge on any atom is 0.297 e. The van der Waals surface area contributed by atoms with E-state index in [-0.39, 0.29) is 101 Å². The van der Waals surface area contributed by atoms with Gasteiger partial charge in [0.15, 0.2) is 22.4 Å². The third-order valence-electron chi connectivity index (χ3n) is 19.6. The second-order valence-corrected chi connectivity index (χ2v) is 38.4. The van der Waals surface area contributed by atoms with E-state index in [0.29, 0.717) is 61.4 Å².